The second-order valence-corrected chi connectivity index (χ2v) is 4.07. The third-order valence-corrected chi connectivity index (χ3v) is 2.60. The van der Waals surface area contributed by atoms with Crippen LogP contribution in [0.2, 0.25) is 0 Å². The van der Waals surface area contributed by atoms with E-state index in [4.69, 9.17) is 15.3 Å². The molecule has 0 aliphatic carbocycles. The predicted octanol–water partition coefficient (Wildman–Crippen LogP) is -0.304. The van der Waals surface area contributed by atoms with Crippen molar-refractivity contribution in [2.24, 2.45) is 4.99 Å². The Bertz CT molecular complexity index is 558. The smallest absolute Gasteiger partial charge is 0.423 e. The number of non-ortho nitro benzene ring substituents is 1. The van der Waals surface area contributed by atoms with Gasteiger partial charge in [0.15, 0.2) is 11.4 Å². The second kappa shape index (κ2) is 6.74. The van der Waals surface area contributed by atoms with E-state index in [-0.39, 0.29) is 22.0 Å². The number of aliphatic imine (C=N–C) groups is 1. The highest BCUT2D eigenvalue weighted by molar-refractivity contribution is 8.13. The van der Waals surface area contributed by atoms with E-state index in [2.05, 4.69) is 10.3 Å². The molecule has 0 saturated heterocycles. The van der Waals surface area contributed by atoms with Gasteiger partial charge in [-0.05, 0) is 17.8 Å². The molecule has 0 bridgehead atoms. The summed E-state index contributed by atoms with van der Waals surface area (Å²) in [5, 5.41) is 39.9. The zero-order valence-corrected chi connectivity index (χ0v) is 10.6. The maximum atomic E-state index is 10.7. The fourth-order valence-corrected chi connectivity index (χ4v) is 1.57. The van der Waals surface area contributed by atoms with Crippen molar-refractivity contribution in [1.29, 1.82) is 5.26 Å². The summed E-state index contributed by atoms with van der Waals surface area (Å²) < 4.78 is 0. The molecule has 3 N–H and O–H groups in total. The van der Waals surface area contributed by atoms with Gasteiger partial charge in [-0.3, -0.25) is 15.4 Å². The van der Waals surface area contributed by atoms with E-state index in [1.165, 1.54) is 12.1 Å². The highest BCUT2D eigenvalue weighted by Gasteiger charge is 2.17. The van der Waals surface area contributed by atoms with Crippen molar-refractivity contribution in [3.63, 3.8) is 0 Å². The molecule has 1 aromatic rings. The Balaban J connectivity index is 3.27. The van der Waals surface area contributed by atoms with Crippen LogP contribution in [0.5, 0.6) is 0 Å². The molecule has 98 valence electrons. The standard InChI is InChI=1S/C9H9BN4O4S/c1-19-9(12-5-11)13-7-2-6(10(15)16)3-8(4-7)14(17)18/h2-4,15-16H,1H3,(H,12,13). The summed E-state index contributed by atoms with van der Waals surface area (Å²) in [6, 6.07) is 3.49. The lowest BCUT2D eigenvalue weighted by atomic mass is 9.80. The molecule has 19 heavy (non-hydrogen) atoms. The van der Waals surface area contributed by atoms with Crippen LogP contribution in [0.1, 0.15) is 0 Å². The first-order valence-corrected chi connectivity index (χ1v) is 6.13. The molecule has 0 aliphatic rings. The summed E-state index contributed by atoms with van der Waals surface area (Å²) >= 11 is 1.14. The molecular weight excluding hydrogens is 271 g/mol. The fourth-order valence-electron chi connectivity index (χ4n) is 1.23. The number of nitro benzene ring substituents is 1. The molecule has 0 amide bonds. The average Bonchev–Trinajstić information content (AvgIpc) is 2.37. The monoisotopic (exact) mass is 280 g/mol. The summed E-state index contributed by atoms with van der Waals surface area (Å²) in [5.41, 5.74) is -0.225. The highest BCUT2D eigenvalue weighted by Crippen LogP contribution is 2.20. The normalized spacial score (nSPS) is 10.7. The molecule has 1 aromatic carbocycles. The van der Waals surface area contributed by atoms with Gasteiger partial charge in [-0.15, -0.1) is 0 Å². The number of hydrogen-bond acceptors (Lipinski definition) is 7. The van der Waals surface area contributed by atoms with Crippen LogP contribution < -0.4 is 10.8 Å². The summed E-state index contributed by atoms with van der Waals surface area (Å²) in [7, 11) is -1.84. The van der Waals surface area contributed by atoms with E-state index in [0.29, 0.717) is 0 Å². The van der Waals surface area contributed by atoms with Crippen molar-refractivity contribution in [3.05, 3.63) is 28.3 Å². The molecule has 0 spiro atoms. The molecule has 10 heteroatoms. The number of hydrogen-bond donors (Lipinski definition) is 3. The molecule has 0 saturated carbocycles. The van der Waals surface area contributed by atoms with Crippen molar-refractivity contribution in [2.45, 2.75) is 0 Å². The molecule has 1 rings (SSSR count). The number of rotatable bonds is 3. The van der Waals surface area contributed by atoms with Crippen LogP contribution in [-0.4, -0.2) is 33.5 Å². The van der Waals surface area contributed by atoms with Crippen LogP contribution in [-0.2, 0) is 0 Å². The van der Waals surface area contributed by atoms with Crippen molar-refractivity contribution in [1.82, 2.24) is 5.32 Å². The second-order valence-electron chi connectivity index (χ2n) is 3.27. The van der Waals surface area contributed by atoms with Crippen molar-refractivity contribution in [3.8, 4) is 6.19 Å². The minimum absolute atomic E-state index is 0.0506. The van der Waals surface area contributed by atoms with Gasteiger partial charge in [-0.25, -0.2) is 4.99 Å². The van der Waals surface area contributed by atoms with E-state index in [1.54, 1.807) is 12.4 Å². The first-order chi connectivity index (χ1) is 8.97. The van der Waals surface area contributed by atoms with Gasteiger partial charge in [0.25, 0.3) is 5.69 Å². The van der Waals surface area contributed by atoms with Crippen molar-refractivity contribution in [2.75, 3.05) is 6.26 Å². The van der Waals surface area contributed by atoms with Gasteiger partial charge >= 0.3 is 7.12 Å². The Morgan fingerprint density at radius 1 is 1.58 bits per heavy atom. The SMILES string of the molecule is CSC(=Nc1cc(B(O)O)cc([N+](=O)[O-])c1)NC#N. The predicted molar refractivity (Wildman–Crippen MR) is 72.3 cm³/mol. The Morgan fingerprint density at radius 3 is 2.74 bits per heavy atom. The van der Waals surface area contributed by atoms with E-state index in [0.717, 1.165) is 17.8 Å². The molecular formula is C9H9BN4O4S. The minimum Gasteiger partial charge on any atom is -0.423 e. The van der Waals surface area contributed by atoms with Crippen LogP contribution in [0, 0.1) is 21.6 Å². The third-order valence-electron chi connectivity index (χ3n) is 2.02. The summed E-state index contributed by atoms with van der Waals surface area (Å²) in [4.78, 5) is 14.0. The number of benzene rings is 1. The quantitative estimate of drug-likeness (QED) is 0.132. The maximum absolute atomic E-state index is 10.7. The van der Waals surface area contributed by atoms with Gasteiger partial charge in [-0.2, -0.15) is 5.26 Å². The molecule has 0 radical (unpaired) electrons. The van der Waals surface area contributed by atoms with Crippen LogP contribution in [0.15, 0.2) is 23.2 Å². The third kappa shape index (κ3) is 4.25. The molecule has 8 nitrogen and oxygen atoms in total. The maximum Gasteiger partial charge on any atom is 0.488 e. The van der Waals surface area contributed by atoms with Gasteiger partial charge < -0.3 is 10.0 Å². The van der Waals surface area contributed by atoms with Crippen molar-refractivity contribution < 1.29 is 15.0 Å². The molecule has 0 aromatic heterocycles. The first kappa shape index (κ1) is 15.0. The van der Waals surface area contributed by atoms with Gasteiger partial charge in [0.2, 0.25) is 0 Å². The molecule has 0 fully saturated rings. The lowest BCUT2D eigenvalue weighted by molar-refractivity contribution is -0.384. The number of nitrogens with zero attached hydrogens (tertiary/aromatic N) is 3. The van der Waals surface area contributed by atoms with Gasteiger partial charge in [0, 0.05) is 12.1 Å². The van der Waals surface area contributed by atoms with Gasteiger partial charge in [0.05, 0.1) is 10.6 Å². The zero-order chi connectivity index (χ0) is 14.4. The molecule has 0 unspecified atom stereocenters. The highest BCUT2D eigenvalue weighted by atomic mass is 32.2. The summed E-state index contributed by atoms with van der Waals surface area (Å²) in [6.07, 6.45) is 3.35. The van der Waals surface area contributed by atoms with Gasteiger partial charge in [0.1, 0.15) is 0 Å². The largest absolute Gasteiger partial charge is 0.488 e. The topological polar surface area (TPSA) is 132 Å². The van der Waals surface area contributed by atoms with Crippen LogP contribution in [0.4, 0.5) is 11.4 Å². The Kier molecular flexibility index (Phi) is 5.31. The van der Waals surface area contributed by atoms with E-state index >= 15 is 0 Å². The lowest BCUT2D eigenvalue weighted by Gasteiger charge is -2.03. The zero-order valence-electron chi connectivity index (χ0n) is 9.77. The number of nitro groups is 1. The number of nitrogens with one attached hydrogen (secondary N) is 1. The number of thioether (sulfide) groups is 1. The van der Waals surface area contributed by atoms with Gasteiger partial charge in [-0.1, -0.05) is 11.8 Å². The van der Waals surface area contributed by atoms with Crippen LogP contribution in [0.3, 0.4) is 0 Å². The lowest BCUT2D eigenvalue weighted by Crippen LogP contribution is -2.29. The Hall–Kier alpha value is -2.09. The van der Waals surface area contributed by atoms with Crippen LogP contribution >= 0.6 is 11.8 Å². The number of amidine groups is 1. The van der Waals surface area contributed by atoms with E-state index < -0.39 is 12.0 Å². The van der Waals surface area contributed by atoms with Crippen molar-refractivity contribution >= 4 is 40.9 Å². The fraction of sp³-hybridized carbons (Fsp3) is 0.111. The van der Waals surface area contributed by atoms with E-state index in [9.17, 15) is 10.1 Å². The number of nitriles is 1. The summed E-state index contributed by atoms with van der Waals surface area (Å²) in [5.74, 6) is 0. The average molecular weight is 280 g/mol. The Morgan fingerprint density at radius 2 is 2.26 bits per heavy atom. The molecule has 0 aliphatic heterocycles. The Labute approximate surface area is 113 Å². The molecule has 0 atom stereocenters. The minimum atomic E-state index is -1.84. The van der Waals surface area contributed by atoms with Crippen LogP contribution in [0.25, 0.3) is 0 Å². The molecule has 0 heterocycles. The summed E-state index contributed by atoms with van der Waals surface area (Å²) in [6.45, 7) is 0. The van der Waals surface area contributed by atoms with E-state index in [1.807, 2.05) is 0 Å². The first-order valence-electron chi connectivity index (χ1n) is 4.91.